The molecule has 0 saturated heterocycles. The fourth-order valence-electron chi connectivity index (χ4n) is 1.26. The van der Waals surface area contributed by atoms with E-state index in [1.165, 1.54) is 13.5 Å². The van der Waals surface area contributed by atoms with Gasteiger partial charge in [0.1, 0.15) is 0 Å². The summed E-state index contributed by atoms with van der Waals surface area (Å²) in [6, 6.07) is 7.66. The number of carbonyl (C=O) groups is 1. The lowest BCUT2D eigenvalue weighted by atomic mass is 10.2. The van der Waals surface area contributed by atoms with Crippen LogP contribution in [0.15, 0.2) is 24.3 Å². The van der Waals surface area contributed by atoms with Crippen molar-refractivity contribution in [2.75, 3.05) is 7.11 Å². The molecule has 0 aliphatic rings. The number of rotatable bonds is 3. The van der Waals surface area contributed by atoms with Crippen LogP contribution in [0.5, 0.6) is 0 Å². The third-order valence-corrected chi connectivity index (χ3v) is 2.22. The molecular weight excluding hydrogens is 214 g/mol. The molecule has 0 saturated carbocycles. The van der Waals surface area contributed by atoms with Gasteiger partial charge < -0.3 is 10.5 Å². The van der Waals surface area contributed by atoms with E-state index in [9.17, 15) is 4.79 Å². The molecule has 1 atom stereocenters. The molecule has 3 nitrogen and oxygen atoms in total. The van der Waals surface area contributed by atoms with Gasteiger partial charge >= 0.3 is 5.97 Å². The molecule has 3 heteroatoms. The molecule has 2 N–H and O–H groups in total. The molecule has 1 aromatic rings. The molecule has 0 aliphatic carbocycles. The molecule has 0 heterocycles. The van der Waals surface area contributed by atoms with Gasteiger partial charge in [0.15, 0.2) is 0 Å². The number of carbonyl (C=O) groups excluding carboxylic acids is 1. The van der Waals surface area contributed by atoms with E-state index in [2.05, 4.69) is 11.7 Å². The predicted octanol–water partition coefficient (Wildman–Crippen LogP) is 2.92. The molecule has 1 rings (SSSR count). The quantitative estimate of drug-likeness (QED) is 0.822. The standard InChI is InChI=1S/C9H10O2.C5H13N/c1-7-3-5-8(6-4-7)9(10)11-2;1-3-4-5(2)6/h3-6H,1-2H3;5H,3-4,6H2,1-2H3. The zero-order valence-corrected chi connectivity index (χ0v) is 11.2. The Balaban J connectivity index is 0.000000366. The van der Waals surface area contributed by atoms with Crippen molar-refractivity contribution in [3.8, 4) is 0 Å². The number of nitrogens with two attached hydrogens (primary N) is 1. The molecule has 0 amide bonds. The first-order valence-corrected chi connectivity index (χ1v) is 5.91. The van der Waals surface area contributed by atoms with Crippen LogP contribution in [0.1, 0.15) is 42.6 Å². The van der Waals surface area contributed by atoms with Crippen LogP contribution in [0.4, 0.5) is 0 Å². The molecule has 0 bridgehead atoms. The number of hydrogen-bond donors (Lipinski definition) is 1. The number of benzene rings is 1. The van der Waals surface area contributed by atoms with Gasteiger partial charge in [-0.2, -0.15) is 0 Å². The Morgan fingerprint density at radius 3 is 2.18 bits per heavy atom. The molecule has 17 heavy (non-hydrogen) atoms. The van der Waals surface area contributed by atoms with Gasteiger partial charge in [0.05, 0.1) is 12.7 Å². The van der Waals surface area contributed by atoms with Gasteiger partial charge in [-0.05, 0) is 32.4 Å². The first-order valence-electron chi connectivity index (χ1n) is 5.91. The number of hydrogen-bond acceptors (Lipinski definition) is 3. The third kappa shape index (κ3) is 7.53. The molecule has 1 unspecified atom stereocenters. The Bertz CT molecular complexity index is 317. The average molecular weight is 237 g/mol. The zero-order valence-electron chi connectivity index (χ0n) is 11.2. The van der Waals surface area contributed by atoms with Crippen molar-refractivity contribution in [1.82, 2.24) is 0 Å². The normalized spacial score (nSPS) is 11.1. The topological polar surface area (TPSA) is 52.3 Å². The monoisotopic (exact) mass is 237 g/mol. The Labute approximate surface area is 104 Å². The largest absolute Gasteiger partial charge is 0.465 e. The van der Waals surface area contributed by atoms with Crippen molar-refractivity contribution >= 4 is 5.97 Å². The summed E-state index contributed by atoms with van der Waals surface area (Å²) in [7, 11) is 1.38. The van der Waals surface area contributed by atoms with Crippen molar-refractivity contribution in [2.45, 2.75) is 39.7 Å². The van der Waals surface area contributed by atoms with Crippen LogP contribution >= 0.6 is 0 Å². The highest BCUT2D eigenvalue weighted by molar-refractivity contribution is 5.89. The van der Waals surface area contributed by atoms with Crippen LogP contribution in [-0.4, -0.2) is 19.1 Å². The summed E-state index contributed by atoms with van der Waals surface area (Å²) in [5.74, 6) is -0.287. The summed E-state index contributed by atoms with van der Waals surface area (Å²) < 4.78 is 4.54. The van der Waals surface area contributed by atoms with Crippen LogP contribution in [-0.2, 0) is 4.74 Å². The maximum absolute atomic E-state index is 10.9. The second-order valence-corrected chi connectivity index (χ2v) is 4.12. The van der Waals surface area contributed by atoms with Gasteiger partial charge in [0.2, 0.25) is 0 Å². The van der Waals surface area contributed by atoms with Crippen molar-refractivity contribution in [2.24, 2.45) is 5.73 Å². The number of methoxy groups -OCH3 is 1. The maximum Gasteiger partial charge on any atom is 0.337 e. The smallest absolute Gasteiger partial charge is 0.337 e. The third-order valence-electron chi connectivity index (χ3n) is 2.22. The van der Waals surface area contributed by atoms with E-state index in [0.717, 1.165) is 12.0 Å². The van der Waals surface area contributed by atoms with E-state index in [-0.39, 0.29) is 5.97 Å². The van der Waals surface area contributed by atoms with E-state index in [1.54, 1.807) is 12.1 Å². The summed E-state index contributed by atoms with van der Waals surface area (Å²) in [4.78, 5) is 10.9. The van der Waals surface area contributed by atoms with E-state index in [1.807, 2.05) is 26.0 Å². The molecule has 0 aliphatic heterocycles. The highest BCUT2D eigenvalue weighted by Crippen LogP contribution is 2.03. The van der Waals surface area contributed by atoms with Crippen molar-refractivity contribution < 1.29 is 9.53 Å². The van der Waals surface area contributed by atoms with Gasteiger partial charge in [-0.25, -0.2) is 4.79 Å². The van der Waals surface area contributed by atoms with Crippen molar-refractivity contribution in [3.05, 3.63) is 35.4 Å². The molecular formula is C14H23NO2. The second kappa shape index (κ2) is 8.76. The van der Waals surface area contributed by atoms with Crippen LogP contribution < -0.4 is 5.73 Å². The number of aryl methyl sites for hydroxylation is 1. The lowest BCUT2D eigenvalue weighted by Gasteiger charge is -1.97. The fourth-order valence-corrected chi connectivity index (χ4v) is 1.26. The summed E-state index contributed by atoms with van der Waals surface area (Å²) in [5.41, 5.74) is 7.14. The van der Waals surface area contributed by atoms with Crippen LogP contribution in [0, 0.1) is 6.92 Å². The van der Waals surface area contributed by atoms with Crippen LogP contribution in [0.3, 0.4) is 0 Å². The molecule has 1 aromatic carbocycles. The van der Waals surface area contributed by atoms with E-state index < -0.39 is 0 Å². The van der Waals surface area contributed by atoms with E-state index >= 15 is 0 Å². The SMILES string of the molecule is CCCC(C)N.COC(=O)c1ccc(C)cc1. The first kappa shape index (κ1) is 15.7. The highest BCUT2D eigenvalue weighted by Gasteiger charge is 2.01. The van der Waals surface area contributed by atoms with Gasteiger partial charge in [-0.15, -0.1) is 0 Å². The lowest BCUT2D eigenvalue weighted by molar-refractivity contribution is 0.0601. The fraction of sp³-hybridized carbons (Fsp3) is 0.500. The molecule has 0 spiro atoms. The average Bonchev–Trinajstić information content (AvgIpc) is 2.29. The summed E-state index contributed by atoms with van der Waals surface area (Å²) in [5, 5.41) is 0. The van der Waals surface area contributed by atoms with Gasteiger partial charge in [0.25, 0.3) is 0 Å². The molecule has 0 aromatic heterocycles. The Kier molecular flexibility index (Phi) is 8.07. The van der Waals surface area contributed by atoms with Gasteiger partial charge in [-0.1, -0.05) is 31.0 Å². The summed E-state index contributed by atoms with van der Waals surface area (Å²) in [6.45, 7) is 6.15. The first-order chi connectivity index (χ1) is 8.01. The van der Waals surface area contributed by atoms with Crippen molar-refractivity contribution in [1.29, 1.82) is 0 Å². The van der Waals surface area contributed by atoms with E-state index in [0.29, 0.717) is 11.6 Å². The minimum absolute atomic E-state index is 0.287. The van der Waals surface area contributed by atoms with E-state index in [4.69, 9.17) is 5.73 Å². The second-order valence-electron chi connectivity index (χ2n) is 4.12. The van der Waals surface area contributed by atoms with Crippen LogP contribution in [0.2, 0.25) is 0 Å². The Morgan fingerprint density at radius 1 is 1.35 bits per heavy atom. The van der Waals surface area contributed by atoms with Crippen molar-refractivity contribution in [3.63, 3.8) is 0 Å². The molecule has 0 radical (unpaired) electrons. The highest BCUT2D eigenvalue weighted by atomic mass is 16.5. The lowest BCUT2D eigenvalue weighted by Crippen LogP contribution is -2.13. The summed E-state index contributed by atoms with van der Waals surface area (Å²) in [6.07, 6.45) is 2.36. The van der Waals surface area contributed by atoms with Crippen LogP contribution in [0.25, 0.3) is 0 Å². The summed E-state index contributed by atoms with van der Waals surface area (Å²) >= 11 is 0. The Hall–Kier alpha value is -1.35. The number of ether oxygens (including phenoxy) is 1. The predicted molar refractivity (Wildman–Crippen MR) is 71.1 cm³/mol. The minimum Gasteiger partial charge on any atom is -0.465 e. The minimum atomic E-state index is -0.287. The molecule has 96 valence electrons. The Morgan fingerprint density at radius 2 is 1.88 bits per heavy atom. The number of esters is 1. The molecule has 0 fully saturated rings. The van der Waals surface area contributed by atoms with Gasteiger partial charge in [-0.3, -0.25) is 0 Å². The maximum atomic E-state index is 10.9. The van der Waals surface area contributed by atoms with Gasteiger partial charge in [0, 0.05) is 6.04 Å². The zero-order chi connectivity index (χ0) is 13.3.